The van der Waals surface area contributed by atoms with Gasteiger partial charge in [-0.25, -0.2) is 9.69 Å². The van der Waals surface area contributed by atoms with E-state index in [2.05, 4.69) is 14.8 Å². The third-order valence-electron chi connectivity index (χ3n) is 2.74. The van der Waals surface area contributed by atoms with E-state index in [-0.39, 0.29) is 24.5 Å². The number of cyclic esters (lactones) is 1. The van der Waals surface area contributed by atoms with Crippen LogP contribution >= 0.6 is 0 Å². The van der Waals surface area contributed by atoms with Crippen molar-refractivity contribution in [3.05, 3.63) is 0 Å². The van der Waals surface area contributed by atoms with Crippen molar-refractivity contribution in [2.75, 3.05) is 20.3 Å². The number of amides is 2. The Morgan fingerprint density at radius 3 is 2.88 bits per heavy atom. The standard InChI is InChI=1S/C9H12N2O5/c1-15-8(13)6-2-5(3-10-6)11-7(12)4-16-9(11)14/h5-6,10H,2-4H2,1H3/t5-,6+/m0/s1. The van der Waals surface area contributed by atoms with E-state index in [9.17, 15) is 14.4 Å². The molecule has 2 saturated heterocycles. The Labute approximate surface area is 91.7 Å². The van der Waals surface area contributed by atoms with Gasteiger partial charge in [0.25, 0.3) is 5.91 Å². The maximum absolute atomic E-state index is 11.4. The van der Waals surface area contributed by atoms with Crippen LogP contribution in [0.25, 0.3) is 0 Å². The second-order valence-electron chi connectivity index (χ2n) is 3.69. The van der Waals surface area contributed by atoms with Crippen molar-refractivity contribution in [2.45, 2.75) is 18.5 Å². The van der Waals surface area contributed by atoms with Crippen LogP contribution in [0, 0.1) is 0 Å². The first kappa shape index (κ1) is 10.9. The van der Waals surface area contributed by atoms with Crippen molar-refractivity contribution in [1.29, 1.82) is 0 Å². The van der Waals surface area contributed by atoms with Crippen LogP contribution in [0.4, 0.5) is 4.79 Å². The van der Waals surface area contributed by atoms with Gasteiger partial charge in [-0.15, -0.1) is 0 Å². The number of ether oxygens (including phenoxy) is 2. The van der Waals surface area contributed by atoms with Gasteiger partial charge < -0.3 is 14.8 Å². The van der Waals surface area contributed by atoms with Crippen LogP contribution in [0.3, 0.4) is 0 Å². The highest BCUT2D eigenvalue weighted by Crippen LogP contribution is 2.19. The average Bonchev–Trinajstić information content (AvgIpc) is 2.85. The number of hydrogen-bond donors (Lipinski definition) is 1. The number of esters is 1. The SMILES string of the molecule is COC(=O)[C@H]1C[C@H](N2C(=O)COC2=O)CN1. The van der Waals surface area contributed by atoms with Crippen molar-refractivity contribution < 1.29 is 23.9 Å². The molecule has 0 spiro atoms. The van der Waals surface area contributed by atoms with Crippen LogP contribution in [-0.2, 0) is 19.1 Å². The lowest BCUT2D eigenvalue weighted by Gasteiger charge is -2.17. The zero-order valence-electron chi connectivity index (χ0n) is 8.76. The monoisotopic (exact) mass is 228 g/mol. The van der Waals surface area contributed by atoms with Gasteiger partial charge in [-0.2, -0.15) is 0 Å². The van der Waals surface area contributed by atoms with Gasteiger partial charge in [0.15, 0.2) is 6.61 Å². The average molecular weight is 228 g/mol. The zero-order chi connectivity index (χ0) is 11.7. The minimum atomic E-state index is -0.637. The Hall–Kier alpha value is -1.63. The van der Waals surface area contributed by atoms with Crippen LogP contribution in [-0.4, -0.2) is 55.2 Å². The van der Waals surface area contributed by atoms with Gasteiger partial charge in [0.1, 0.15) is 6.04 Å². The fourth-order valence-corrected chi connectivity index (χ4v) is 1.95. The fourth-order valence-electron chi connectivity index (χ4n) is 1.95. The Bertz CT molecular complexity index is 327. The lowest BCUT2D eigenvalue weighted by atomic mass is 10.1. The molecule has 2 aliphatic heterocycles. The number of rotatable bonds is 2. The number of hydrogen-bond acceptors (Lipinski definition) is 6. The molecule has 2 atom stereocenters. The predicted molar refractivity (Wildman–Crippen MR) is 50.4 cm³/mol. The summed E-state index contributed by atoms with van der Waals surface area (Å²) in [6.45, 7) is 0.179. The Balaban J connectivity index is 2.00. The van der Waals surface area contributed by atoms with Gasteiger partial charge >= 0.3 is 12.1 Å². The molecule has 0 radical (unpaired) electrons. The molecule has 7 heteroatoms. The molecular formula is C9H12N2O5. The highest BCUT2D eigenvalue weighted by Gasteiger charge is 2.42. The number of carbonyl (C=O) groups excluding carboxylic acids is 3. The van der Waals surface area contributed by atoms with Gasteiger partial charge in [0.2, 0.25) is 0 Å². The van der Waals surface area contributed by atoms with Crippen LogP contribution in [0.5, 0.6) is 0 Å². The second-order valence-corrected chi connectivity index (χ2v) is 3.69. The van der Waals surface area contributed by atoms with Gasteiger partial charge in [-0.3, -0.25) is 9.59 Å². The van der Waals surface area contributed by atoms with Crippen molar-refractivity contribution >= 4 is 18.0 Å². The molecule has 2 fully saturated rings. The normalized spacial score (nSPS) is 29.4. The van der Waals surface area contributed by atoms with E-state index in [1.807, 2.05) is 0 Å². The smallest absolute Gasteiger partial charge is 0.417 e. The van der Waals surface area contributed by atoms with Crippen LogP contribution < -0.4 is 5.32 Å². The first-order valence-corrected chi connectivity index (χ1v) is 4.93. The summed E-state index contributed by atoms with van der Waals surface area (Å²) >= 11 is 0. The van der Waals surface area contributed by atoms with Crippen LogP contribution in [0.1, 0.15) is 6.42 Å². The molecule has 2 rings (SSSR count). The zero-order valence-corrected chi connectivity index (χ0v) is 8.76. The Morgan fingerprint density at radius 1 is 1.56 bits per heavy atom. The molecule has 0 saturated carbocycles. The molecule has 2 heterocycles. The summed E-state index contributed by atoms with van der Waals surface area (Å²) in [5, 5.41) is 2.90. The Kier molecular flexibility index (Phi) is 2.78. The van der Waals surface area contributed by atoms with Gasteiger partial charge in [0, 0.05) is 6.54 Å². The van der Waals surface area contributed by atoms with Crippen molar-refractivity contribution in [3.63, 3.8) is 0 Å². The van der Waals surface area contributed by atoms with Crippen LogP contribution in [0.2, 0.25) is 0 Å². The molecule has 0 aromatic rings. The third kappa shape index (κ3) is 1.73. The van der Waals surface area contributed by atoms with E-state index in [1.54, 1.807) is 0 Å². The molecule has 0 aromatic carbocycles. The summed E-state index contributed by atoms with van der Waals surface area (Å²) in [4.78, 5) is 34.9. The molecule has 88 valence electrons. The highest BCUT2D eigenvalue weighted by atomic mass is 16.6. The molecule has 1 N–H and O–H groups in total. The topological polar surface area (TPSA) is 84.9 Å². The van der Waals surface area contributed by atoms with Crippen molar-refractivity contribution in [2.24, 2.45) is 0 Å². The molecule has 0 aliphatic carbocycles. The molecule has 0 bridgehead atoms. The molecule has 2 aliphatic rings. The summed E-state index contributed by atoms with van der Waals surface area (Å²) < 4.78 is 9.18. The van der Waals surface area contributed by atoms with E-state index in [0.717, 1.165) is 4.90 Å². The summed E-state index contributed by atoms with van der Waals surface area (Å²) in [7, 11) is 1.30. The number of nitrogens with zero attached hydrogens (tertiary/aromatic N) is 1. The van der Waals surface area contributed by atoms with E-state index in [0.29, 0.717) is 13.0 Å². The highest BCUT2D eigenvalue weighted by molar-refractivity contribution is 5.98. The van der Waals surface area contributed by atoms with Crippen molar-refractivity contribution in [1.82, 2.24) is 10.2 Å². The molecule has 2 amide bonds. The molecule has 0 unspecified atom stereocenters. The Morgan fingerprint density at radius 2 is 2.31 bits per heavy atom. The maximum atomic E-state index is 11.4. The minimum absolute atomic E-state index is 0.210. The fraction of sp³-hybridized carbons (Fsp3) is 0.667. The van der Waals surface area contributed by atoms with E-state index < -0.39 is 12.1 Å². The lowest BCUT2D eigenvalue weighted by molar-refractivity contribution is -0.143. The number of nitrogens with one attached hydrogen (secondary N) is 1. The second kappa shape index (κ2) is 4.09. The van der Waals surface area contributed by atoms with E-state index in [1.165, 1.54) is 7.11 Å². The minimum Gasteiger partial charge on any atom is -0.468 e. The lowest BCUT2D eigenvalue weighted by Crippen LogP contribution is -2.40. The summed E-state index contributed by atoms with van der Waals surface area (Å²) in [5.41, 5.74) is 0. The van der Waals surface area contributed by atoms with E-state index >= 15 is 0 Å². The number of methoxy groups -OCH3 is 1. The first-order chi connectivity index (χ1) is 7.63. The van der Waals surface area contributed by atoms with Crippen molar-refractivity contribution in [3.8, 4) is 0 Å². The van der Waals surface area contributed by atoms with E-state index in [4.69, 9.17) is 0 Å². The largest absolute Gasteiger partial charge is 0.468 e. The maximum Gasteiger partial charge on any atom is 0.417 e. The number of imide groups is 1. The molecule has 0 aromatic heterocycles. The van der Waals surface area contributed by atoms with Gasteiger partial charge in [-0.1, -0.05) is 0 Å². The van der Waals surface area contributed by atoms with Crippen LogP contribution in [0.15, 0.2) is 0 Å². The predicted octanol–water partition coefficient (Wildman–Crippen LogP) is -1.13. The third-order valence-corrected chi connectivity index (χ3v) is 2.74. The quantitative estimate of drug-likeness (QED) is 0.602. The number of carbonyl (C=O) groups is 3. The first-order valence-electron chi connectivity index (χ1n) is 4.93. The molecule has 16 heavy (non-hydrogen) atoms. The van der Waals surface area contributed by atoms with Gasteiger partial charge in [-0.05, 0) is 6.42 Å². The molecular weight excluding hydrogens is 216 g/mol. The van der Waals surface area contributed by atoms with Gasteiger partial charge in [0.05, 0.1) is 13.2 Å². The molecule has 7 nitrogen and oxygen atoms in total. The summed E-state index contributed by atoms with van der Waals surface area (Å²) in [5.74, 6) is -0.746. The summed E-state index contributed by atoms with van der Waals surface area (Å²) in [6, 6.07) is -0.789. The summed E-state index contributed by atoms with van der Waals surface area (Å²) in [6.07, 6.45) is -0.268.